The largest absolute Gasteiger partial charge is 0.272 e. The van der Waals surface area contributed by atoms with Crippen LogP contribution in [0.5, 0.6) is 0 Å². The number of hydrazone groups is 1. The summed E-state index contributed by atoms with van der Waals surface area (Å²) in [6.07, 6.45) is 3.70. The van der Waals surface area contributed by atoms with Crippen molar-refractivity contribution in [1.29, 1.82) is 0 Å². The second-order valence-corrected chi connectivity index (χ2v) is 4.26. The molecule has 0 radical (unpaired) electrons. The first kappa shape index (κ1) is 8.19. The van der Waals surface area contributed by atoms with Crippen LogP contribution in [0, 0.1) is 5.92 Å². The quantitative estimate of drug-likeness (QED) is 0.725. The van der Waals surface area contributed by atoms with Gasteiger partial charge in [-0.3, -0.25) is 4.79 Å². The summed E-state index contributed by atoms with van der Waals surface area (Å²) in [7, 11) is 0. The fourth-order valence-corrected chi connectivity index (χ4v) is 2.52. The number of amides is 1. The van der Waals surface area contributed by atoms with Gasteiger partial charge in [0.15, 0.2) is 0 Å². The highest BCUT2D eigenvalue weighted by Crippen LogP contribution is 2.29. The number of carbonyl (C=O) groups is 1. The van der Waals surface area contributed by atoms with E-state index in [1.165, 1.54) is 0 Å². The summed E-state index contributed by atoms with van der Waals surface area (Å²) >= 11 is 6.64. The summed E-state index contributed by atoms with van der Waals surface area (Å²) in [6, 6.07) is 0. The Bertz CT molecular complexity index is 343. The number of fused-ring (bicyclic) bond motifs is 1. The van der Waals surface area contributed by atoms with E-state index in [0.29, 0.717) is 0 Å². The summed E-state index contributed by atoms with van der Waals surface area (Å²) in [5, 5.41) is 3.89. The van der Waals surface area contributed by atoms with Gasteiger partial charge in [0.1, 0.15) is 5.92 Å². The molecule has 0 aromatic rings. The summed E-state index contributed by atoms with van der Waals surface area (Å²) in [6.45, 7) is 0. The maximum atomic E-state index is 11.2. The van der Waals surface area contributed by atoms with E-state index in [-0.39, 0.29) is 11.8 Å². The number of hydrogen-bond acceptors (Lipinski definition) is 2. The topological polar surface area (TPSA) is 41.5 Å². The van der Waals surface area contributed by atoms with E-state index in [4.69, 9.17) is 0 Å². The molecule has 0 bridgehead atoms. The smallest absolute Gasteiger partial charge is 0.253 e. The lowest BCUT2D eigenvalue weighted by Crippen LogP contribution is -2.22. The van der Waals surface area contributed by atoms with Crippen LogP contribution in [-0.2, 0) is 4.79 Å². The van der Waals surface area contributed by atoms with Gasteiger partial charge in [0.05, 0.1) is 5.71 Å². The Morgan fingerprint density at radius 3 is 3.00 bits per heavy atom. The zero-order valence-electron chi connectivity index (χ0n) is 5.84. The minimum atomic E-state index is -0.237. The minimum Gasteiger partial charge on any atom is -0.272 e. The van der Waals surface area contributed by atoms with Gasteiger partial charge in [0, 0.05) is 8.96 Å². The number of allylic oxidation sites excluding steroid dienone is 3. The van der Waals surface area contributed by atoms with Gasteiger partial charge in [-0.1, -0.05) is 22.0 Å². The Morgan fingerprint density at radius 2 is 2.25 bits per heavy atom. The normalized spacial score (nSPS) is 27.0. The maximum Gasteiger partial charge on any atom is 0.253 e. The van der Waals surface area contributed by atoms with Crippen LogP contribution in [0.3, 0.4) is 0 Å². The zero-order valence-corrected chi connectivity index (χ0v) is 9.02. The van der Waals surface area contributed by atoms with E-state index < -0.39 is 0 Å². The lowest BCUT2D eigenvalue weighted by molar-refractivity contribution is -0.121. The van der Waals surface area contributed by atoms with Gasteiger partial charge in [-0.25, -0.2) is 5.43 Å². The molecule has 1 amide bonds. The van der Waals surface area contributed by atoms with E-state index in [2.05, 4.69) is 42.4 Å². The van der Waals surface area contributed by atoms with Crippen molar-refractivity contribution in [3.63, 3.8) is 0 Å². The fourth-order valence-electron chi connectivity index (χ4n) is 1.14. The first-order valence-corrected chi connectivity index (χ1v) is 4.89. The Balaban J connectivity index is 2.45. The van der Waals surface area contributed by atoms with Crippen molar-refractivity contribution in [3.05, 3.63) is 21.1 Å². The van der Waals surface area contributed by atoms with Crippen LogP contribution in [0.15, 0.2) is 26.2 Å². The molecule has 1 aliphatic carbocycles. The van der Waals surface area contributed by atoms with Crippen molar-refractivity contribution < 1.29 is 4.79 Å². The molecule has 0 unspecified atom stereocenters. The van der Waals surface area contributed by atoms with Crippen LogP contribution in [-0.4, -0.2) is 11.6 Å². The first-order chi connectivity index (χ1) is 5.68. The summed E-state index contributed by atoms with van der Waals surface area (Å²) in [5.41, 5.74) is 3.18. The van der Waals surface area contributed by atoms with Gasteiger partial charge in [0.2, 0.25) is 0 Å². The number of rotatable bonds is 0. The van der Waals surface area contributed by atoms with Crippen LogP contribution in [0.4, 0.5) is 0 Å². The van der Waals surface area contributed by atoms with Gasteiger partial charge in [-0.2, -0.15) is 5.10 Å². The molecule has 0 saturated carbocycles. The van der Waals surface area contributed by atoms with Crippen LogP contribution < -0.4 is 5.43 Å². The summed E-state index contributed by atoms with van der Waals surface area (Å²) < 4.78 is 1.75. The summed E-state index contributed by atoms with van der Waals surface area (Å²) in [4.78, 5) is 11.2. The molecule has 0 aromatic carbocycles. The van der Waals surface area contributed by atoms with Crippen molar-refractivity contribution in [3.8, 4) is 0 Å². The predicted molar refractivity (Wildman–Crippen MR) is 53.1 cm³/mol. The molecule has 2 rings (SSSR count). The van der Waals surface area contributed by atoms with Crippen LogP contribution in [0.1, 0.15) is 0 Å². The molecule has 3 nitrogen and oxygen atoms in total. The second-order valence-electron chi connectivity index (χ2n) is 2.49. The molecule has 2 aliphatic rings. The highest BCUT2D eigenvalue weighted by atomic mass is 79.9. The summed E-state index contributed by atoms with van der Waals surface area (Å²) in [5.74, 6) is -0.314. The minimum absolute atomic E-state index is 0.0769. The van der Waals surface area contributed by atoms with E-state index >= 15 is 0 Å². The maximum absolute atomic E-state index is 11.2. The number of nitrogens with zero attached hydrogens (tertiary/aromatic N) is 1. The average Bonchev–Trinajstić information content (AvgIpc) is 2.33. The Labute approximate surface area is 85.8 Å². The van der Waals surface area contributed by atoms with Crippen molar-refractivity contribution in [2.75, 3.05) is 0 Å². The number of carbonyl (C=O) groups excluding carboxylic acids is 1. The molecule has 5 heteroatoms. The molecule has 1 heterocycles. The first-order valence-electron chi connectivity index (χ1n) is 3.31. The molecule has 1 aliphatic heterocycles. The number of hydrogen-bond donors (Lipinski definition) is 1. The van der Waals surface area contributed by atoms with Gasteiger partial charge < -0.3 is 0 Å². The monoisotopic (exact) mass is 290 g/mol. The standard InChI is InChI=1S/C7H4Br2N2O/c8-3-1-4-6(5(9)2-3)10-11-7(4)12/h1-2,4H,(H,11,12)/t4-/m0/s1. The van der Waals surface area contributed by atoms with Gasteiger partial charge >= 0.3 is 0 Å². The van der Waals surface area contributed by atoms with Crippen molar-refractivity contribution in [2.45, 2.75) is 0 Å². The van der Waals surface area contributed by atoms with Crippen LogP contribution in [0.25, 0.3) is 0 Å². The highest BCUT2D eigenvalue weighted by Gasteiger charge is 2.31. The van der Waals surface area contributed by atoms with Gasteiger partial charge in [-0.05, 0) is 22.0 Å². The number of halogens is 2. The van der Waals surface area contributed by atoms with E-state index in [0.717, 1.165) is 14.7 Å². The third-order valence-corrected chi connectivity index (χ3v) is 2.83. The molecular weight excluding hydrogens is 288 g/mol. The van der Waals surface area contributed by atoms with Crippen molar-refractivity contribution in [2.24, 2.45) is 11.0 Å². The second kappa shape index (κ2) is 2.81. The third kappa shape index (κ3) is 1.17. The Hall–Kier alpha value is -0.420. The van der Waals surface area contributed by atoms with Crippen LogP contribution >= 0.6 is 31.9 Å². The molecule has 1 N–H and O–H groups in total. The van der Waals surface area contributed by atoms with Gasteiger partial charge in [-0.15, -0.1) is 0 Å². The molecule has 62 valence electrons. The third-order valence-electron chi connectivity index (χ3n) is 1.70. The zero-order chi connectivity index (χ0) is 8.72. The molecule has 0 aromatic heterocycles. The molecule has 12 heavy (non-hydrogen) atoms. The Morgan fingerprint density at radius 1 is 1.50 bits per heavy atom. The van der Waals surface area contributed by atoms with E-state index in [9.17, 15) is 4.79 Å². The van der Waals surface area contributed by atoms with Crippen molar-refractivity contribution >= 4 is 43.5 Å². The average molecular weight is 292 g/mol. The van der Waals surface area contributed by atoms with Crippen LogP contribution in [0.2, 0.25) is 0 Å². The lowest BCUT2D eigenvalue weighted by atomic mass is 9.99. The van der Waals surface area contributed by atoms with Crippen molar-refractivity contribution in [1.82, 2.24) is 5.43 Å². The molecule has 0 fully saturated rings. The highest BCUT2D eigenvalue weighted by molar-refractivity contribution is 9.12. The molecule has 0 spiro atoms. The lowest BCUT2D eigenvalue weighted by Gasteiger charge is -2.10. The predicted octanol–water partition coefficient (Wildman–Crippen LogP) is 1.66. The number of nitrogens with one attached hydrogen (secondary N) is 1. The van der Waals surface area contributed by atoms with Gasteiger partial charge in [0.25, 0.3) is 5.91 Å². The Kier molecular flexibility index (Phi) is 1.92. The fraction of sp³-hybridized carbons (Fsp3) is 0.143. The molecule has 0 saturated heterocycles. The van der Waals surface area contributed by atoms with E-state index in [1.807, 2.05) is 12.2 Å². The SMILES string of the molecule is O=C1NN=C2C(Br)=CC(Br)=C[C@H]12. The van der Waals surface area contributed by atoms with E-state index in [1.54, 1.807) is 0 Å². The molecular formula is C7H4Br2N2O. The molecule has 1 atom stereocenters.